The van der Waals surface area contributed by atoms with Crippen LogP contribution in [0.4, 0.5) is 9.52 Å². The van der Waals surface area contributed by atoms with Gasteiger partial charge in [-0.05, 0) is 31.2 Å². The molecule has 21 heavy (non-hydrogen) atoms. The predicted octanol–water partition coefficient (Wildman–Crippen LogP) is 2.08. The van der Waals surface area contributed by atoms with Crippen LogP contribution in [-0.2, 0) is 4.79 Å². The lowest BCUT2D eigenvalue weighted by Crippen LogP contribution is -2.35. The first-order valence-corrected chi connectivity index (χ1v) is 7.63. The minimum Gasteiger partial charge on any atom is -0.395 e. The number of aliphatic hydroxyl groups is 1. The quantitative estimate of drug-likeness (QED) is 0.821. The molecule has 0 saturated carbocycles. The van der Waals surface area contributed by atoms with Crippen molar-refractivity contribution in [1.82, 2.24) is 9.88 Å². The molecule has 0 spiro atoms. The molecule has 0 unspecified atom stereocenters. The van der Waals surface area contributed by atoms with Crippen LogP contribution in [0.2, 0.25) is 0 Å². The van der Waals surface area contributed by atoms with E-state index in [2.05, 4.69) is 10.3 Å². The molecule has 0 atom stereocenters. The van der Waals surface area contributed by atoms with Crippen LogP contribution in [0.25, 0.3) is 10.2 Å². The number of aliphatic hydroxyl groups excluding tert-OH is 1. The number of carbonyl (C=O) groups is 1. The van der Waals surface area contributed by atoms with E-state index in [-0.39, 0.29) is 24.9 Å². The molecule has 114 valence electrons. The van der Waals surface area contributed by atoms with Crippen molar-refractivity contribution in [3.8, 4) is 0 Å². The summed E-state index contributed by atoms with van der Waals surface area (Å²) in [5, 5.41) is 12.1. The summed E-state index contributed by atoms with van der Waals surface area (Å²) < 4.78 is 13.8. The smallest absolute Gasteiger partial charge is 0.240 e. The maximum absolute atomic E-state index is 13.1. The molecule has 0 aliphatic rings. The Balaban J connectivity index is 2.00. The highest BCUT2D eigenvalue weighted by molar-refractivity contribution is 7.22. The van der Waals surface area contributed by atoms with Crippen LogP contribution in [0, 0.1) is 5.82 Å². The van der Waals surface area contributed by atoms with Crippen molar-refractivity contribution >= 4 is 32.6 Å². The van der Waals surface area contributed by atoms with Gasteiger partial charge in [0.05, 0.1) is 23.4 Å². The molecule has 1 aromatic heterocycles. The Bertz CT molecular complexity index is 611. The fraction of sp³-hybridized carbons (Fsp3) is 0.429. The lowest BCUT2D eigenvalue weighted by molar-refractivity contribution is -0.117. The Morgan fingerprint density at radius 1 is 1.48 bits per heavy atom. The number of nitrogens with zero attached hydrogens (tertiary/aromatic N) is 2. The minimum atomic E-state index is -0.318. The number of anilines is 1. The van der Waals surface area contributed by atoms with Gasteiger partial charge in [-0.15, -0.1) is 0 Å². The summed E-state index contributed by atoms with van der Waals surface area (Å²) in [4.78, 5) is 18.1. The number of fused-ring (bicyclic) bond motifs is 1. The summed E-state index contributed by atoms with van der Waals surface area (Å²) >= 11 is 1.24. The second kappa shape index (κ2) is 7.44. The second-order valence-corrected chi connectivity index (χ2v) is 5.71. The first kappa shape index (κ1) is 15.8. The van der Waals surface area contributed by atoms with Gasteiger partial charge in [0.1, 0.15) is 5.82 Å². The number of carbonyl (C=O) groups excluding carboxylic acids is 1. The monoisotopic (exact) mass is 311 g/mol. The number of thiazole rings is 1. The average molecular weight is 311 g/mol. The third-order valence-corrected chi connectivity index (χ3v) is 3.85. The third kappa shape index (κ3) is 4.45. The van der Waals surface area contributed by atoms with Gasteiger partial charge in [0.25, 0.3) is 0 Å². The first-order chi connectivity index (χ1) is 10.1. The summed E-state index contributed by atoms with van der Waals surface area (Å²) in [6.45, 7) is 3.46. The molecular formula is C14H18FN3O2S. The van der Waals surface area contributed by atoms with Gasteiger partial charge in [0.15, 0.2) is 5.13 Å². The molecule has 0 bridgehead atoms. The van der Waals surface area contributed by atoms with Crippen LogP contribution in [0.3, 0.4) is 0 Å². The SMILES string of the molecule is CCCN(CCO)CC(=O)Nc1nc2ccc(F)cc2s1. The summed E-state index contributed by atoms with van der Waals surface area (Å²) in [5.74, 6) is -0.502. The van der Waals surface area contributed by atoms with E-state index in [9.17, 15) is 9.18 Å². The normalized spacial score (nSPS) is 11.2. The number of rotatable bonds is 7. The molecule has 2 rings (SSSR count). The van der Waals surface area contributed by atoms with Crippen LogP contribution in [0.1, 0.15) is 13.3 Å². The van der Waals surface area contributed by atoms with Crippen LogP contribution in [-0.4, -0.2) is 47.1 Å². The predicted molar refractivity (Wildman–Crippen MR) is 82.0 cm³/mol. The van der Waals surface area contributed by atoms with E-state index in [0.29, 0.717) is 21.9 Å². The van der Waals surface area contributed by atoms with Gasteiger partial charge in [-0.1, -0.05) is 18.3 Å². The molecule has 0 saturated heterocycles. The van der Waals surface area contributed by atoms with E-state index in [1.807, 2.05) is 11.8 Å². The van der Waals surface area contributed by atoms with Crippen molar-refractivity contribution in [3.05, 3.63) is 24.0 Å². The van der Waals surface area contributed by atoms with Gasteiger partial charge in [-0.2, -0.15) is 0 Å². The molecule has 0 aliphatic heterocycles. The summed E-state index contributed by atoms with van der Waals surface area (Å²) in [5.41, 5.74) is 0.664. The van der Waals surface area contributed by atoms with Crippen LogP contribution in [0.5, 0.6) is 0 Å². The molecule has 1 heterocycles. The number of benzene rings is 1. The first-order valence-electron chi connectivity index (χ1n) is 6.81. The third-order valence-electron chi connectivity index (χ3n) is 2.92. The molecule has 2 aromatic rings. The molecule has 1 amide bonds. The molecule has 0 fully saturated rings. The standard InChI is InChI=1S/C14H18FN3O2S/c1-2-5-18(6-7-19)9-13(20)17-14-16-11-4-3-10(15)8-12(11)21-14/h3-4,8,19H,2,5-7,9H2,1H3,(H,16,17,20). The van der Waals surface area contributed by atoms with E-state index < -0.39 is 0 Å². The van der Waals surface area contributed by atoms with Crippen molar-refractivity contribution < 1.29 is 14.3 Å². The fourth-order valence-electron chi connectivity index (χ4n) is 2.04. The van der Waals surface area contributed by atoms with Gasteiger partial charge in [0.2, 0.25) is 5.91 Å². The fourth-order valence-corrected chi connectivity index (χ4v) is 2.95. The molecule has 2 N–H and O–H groups in total. The van der Waals surface area contributed by atoms with E-state index >= 15 is 0 Å². The molecule has 0 aliphatic carbocycles. The van der Waals surface area contributed by atoms with Crippen molar-refractivity contribution in [2.45, 2.75) is 13.3 Å². The maximum atomic E-state index is 13.1. The van der Waals surface area contributed by atoms with Crippen molar-refractivity contribution in [2.75, 3.05) is 31.6 Å². The van der Waals surface area contributed by atoms with E-state index in [1.165, 1.54) is 23.5 Å². The molecule has 1 aromatic carbocycles. The number of halogens is 1. The number of hydrogen-bond donors (Lipinski definition) is 2. The van der Waals surface area contributed by atoms with E-state index in [4.69, 9.17) is 5.11 Å². The van der Waals surface area contributed by atoms with Gasteiger partial charge >= 0.3 is 0 Å². The van der Waals surface area contributed by atoms with E-state index in [1.54, 1.807) is 6.07 Å². The van der Waals surface area contributed by atoms with Crippen LogP contribution in [0.15, 0.2) is 18.2 Å². The number of amides is 1. The Kier molecular flexibility index (Phi) is 5.60. The largest absolute Gasteiger partial charge is 0.395 e. The van der Waals surface area contributed by atoms with Crippen molar-refractivity contribution in [3.63, 3.8) is 0 Å². The maximum Gasteiger partial charge on any atom is 0.240 e. The Hall–Kier alpha value is -1.57. The molecule has 7 heteroatoms. The second-order valence-electron chi connectivity index (χ2n) is 4.68. The van der Waals surface area contributed by atoms with Gasteiger partial charge in [-0.3, -0.25) is 9.69 Å². The van der Waals surface area contributed by atoms with Crippen molar-refractivity contribution in [1.29, 1.82) is 0 Å². The number of aromatic nitrogens is 1. The van der Waals surface area contributed by atoms with Crippen LogP contribution >= 0.6 is 11.3 Å². The van der Waals surface area contributed by atoms with Gasteiger partial charge in [0, 0.05) is 6.54 Å². The van der Waals surface area contributed by atoms with Crippen molar-refractivity contribution in [2.24, 2.45) is 0 Å². The molecule has 5 nitrogen and oxygen atoms in total. The Labute approximate surface area is 126 Å². The minimum absolute atomic E-state index is 0.0215. The Morgan fingerprint density at radius 2 is 2.29 bits per heavy atom. The topological polar surface area (TPSA) is 65.5 Å². The van der Waals surface area contributed by atoms with Gasteiger partial charge < -0.3 is 10.4 Å². The number of hydrogen-bond acceptors (Lipinski definition) is 5. The Morgan fingerprint density at radius 3 is 3.00 bits per heavy atom. The molecule has 0 radical (unpaired) electrons. The molecular weight excluding hydrogens is 293 g/mol. The number of nitrogens with one attached hydrogen (secondary N) is 1. The summed E-state index contributed by atoms with van der Waals surface area (Å²) in [6, 6.07) is 4.33. The zero-order chi connectivity index (χ0) is 15.2. The highest BCUT2D eigenvalue weighted by Crippen LogP contribution is 2.26. The average Bonchev–Trinajstić information content (AvgIpc) is 2.80. The summed E-state index contributed by atoms with van der Waals surface area (Å²) in [6.07, 6.45) is 0.910. The zero-order valence-corrected chi connectivity index (χ0v) is 12.6. The van der Waals surface area contributed by atoms with Gasteiger partial charge in [-0.25, -0.2) is 9.37 Å². The van der Waals surface area contributed by atoms with E-state index in [0.717, 1.165) is 13.0 Å². The lowest BCUT2D eigenvalue weighted by atomic mass is 10.3. The lowest BCUT2D eigenvalue weighted by Gasteiger charge is -2.19. The highest BCUT2D eigenvalue weighted by Gasteiger charge is 2.12. The van der Waals surface area contributed by atoms with Crippen LogP contribution < -0.4 is 5.32 Å². The highest BCUT2D eigenvalue weighted by atomic mass is 32.1. The zero-order valence-electron chi connectivity index (χ0n) is 11.8. The summed E-state index contributed by atoms with van der Waals surface area (Å²) in [7, 11) is 0.